The van der Waals surface area contributed by atoms with E-state index < -0.39 is 5.91 Å². The molecule has 0 fully saturated rings. The number of hydrogen-bond donors (Lipinski definition) is 2. The van der Waals surface area contributed by atoms with Crippen molar-refractivity contribution < 1.29 is 19.1 Å². The first-order valence-corrected chi connectivity index (χ1v) is 8.75. The molecule has 8 heteroatoms. The standard InChI is InChI=1S/C21H20N4O4/c1-13(26)14-5-4-6-15(11-14)23-21(27)17-8-10-20(25-24-17)22-16-7-9-18(28-2)19(12-16)29-3/h4-12H,1-3H3,(H,22,25)(H,23,27). The Labute approximate surface area is 167 Å². The van der Waals surface area contributed by atoms with Crippen LogP contribution in [-0.4, -0.2) is 36.1 Å². The maximum absolute atomic E-state index is 12.4. The van der Waals surface area contributed by atoms with E-state index in [9.17, 15) is 9.59 Å². The molecule has 0 aliphatic heterocycles. The molecule has 1 aromatic heterocycles. The largest absolute Gasteiger partial charge is 0.493 e. The van der Waals surface area contributed by atoms with Gasteiger partial charge in [-0.15, -0.1) is 10.2 Å². The van der Waals surface area contributed by atoms with Gasteiger partial charge in [0.05, 0.1) is 14.2 Å². The molecule has 0 spiro atoms. The van der Waals surface area contributed by atoms with E-state index in [4.69, 9.17) is 9.47 Å². The van der Waals surface area contributed by atoms with Crippen molar-refractivity contribution in [1.29, 1.82) is 0 Å². The molecule has 0 atom stereocenters. The van der Waals surface area contributed by atoms with E-state index in [0.29, 0.717) is 28.6 Å². The molecule has 2 N–H and O–H groups in total. The van der Waals surface area contributed by atoms with Gasteiger partial charge in [-0.3, -0.25) is 9.59 Å². The van der Waals surface area contributed by atoms with Crippen LogP contribution in [-0.2, 0) is 0 Å². The highest BCUT2D eigenvalue weighted by Crippen LogP contribution is 2.30. The molecular formula is C21H20N4O4. The molecule has 0 aliphatic carbocycles. The number of carbonyl (C=O) groups is 2. The van der Waals surface area contributed by atoms with Crippen molar-refractivity contribution in [3.05, 3.63) is 65.9 Å². The van der Waals surface area contributed by atoms with E-state index >= 15 is 0 Å². The lowest BCUT2D eigenvalue weighted by Crippen LogP contribution is -2.15. The molecule has 0 unspecified atom stereocenters. The summed E-state index contributed by atoms with van der Waals surface area (Å²) < 4.78 is 10.5. The van der Waals surface area contributed by atoms with Crippen LogP contribution in [0.1, 0.15) is 27.8 Å². The zero-order chi connectivity index (χ0) is 20.8. The van der Waals surface area contributed by atoms with E-state index in [1.807, 2.05) is 6.07 Å². The Morgan fingerprint density at radius 2 is 1.66 bits per heavy atom. The molecule has 1 heterocycles. The highest BCUT2D eigenvalue weighted by molar-refractivity contribution is 6.03. The Kier molecular flexibility index (Phi) is 6.03. The van der Waals surface area contributed by atoms with E-state index in [1.165, 1.54) is 6.92 Å². The van der Waals surface area contributed by atoms with Crippen LogP contribution in [0.25, 0.3) is 0 Å². The van der Waals surface area contributed by atoms with Crippen molar-refractivity contribution in [3.63, 3.8) is 0 Å². The average Bonchev–Trinajstić information content (AvgIpc) is 2.74. The van der Waals surface area contributed by atoms with Gasteiger partial charge in [0, 0.05) is 23.0 Å². The third-order valence-electron chi connectivity index (χ3n) is 4.08. The summed E-state index contributed by atoms with van der Waals surface area (Å²) in [5.41, 5.74) is 1.91. The van der Waals surface area contributed by atoms with Crippen molar-refractivity contribution >= 4 is 28.9 Å². The van der Waals surface area contributed by atoms with Crippen molar-refractivity contribution in [3.8, 4) is 11.5 Å². The summed E-state index contributed by atoms with van der Waals surface area (Å²) in [5, 5.41) is 13.8. The first kappa shape index (κ1) is 19.8. The van der Waals surface area contributed by atoms with Crippen LogP contribution in [0, 0.1) is 0 Å². The number of rotatable bonds is 7. The number of anilines is 3. The lowest BCUT2D eigenvalue weighted by atomic mass is 10.1. The van der Waals surface area contributed by atoms with Crippen LogP contribution in [0.3, 0.4) is 0 Å². The van der Waals surface area contributed by atoms with Crippen LogP contribution in [0.15, 0.2) is 54.6 Å². The third kappa shape index (κ3) is 4.86. The SMILES string of the molecule is COc1ccc(Nc2ccc(C(=O)Nc3cccc(C(C)=O)c3)nn2)cc1OC. The molecule has 3 aromatic rings. The van der Waals surface area contributed by atoms with E-state index in [2.05, 4.69) is 20.8 Å². The smallest absolute Gasteiger partial charge is 0.276 e. The molecule has 0 bridgehead atoms. The number of benzene rings is 2. The van der Waals surface area contributed by atoms with Gasteiger partial charge in [-0.2, -0.15) is 0 Å². The average molecular weight is 392 g/mol. The Balaban J connectivity index is 1.69. The van der Waals surface area contributed by atoms with Gasteiger partial charge in [0.1, 0.15) is 0 Å². The van der Waals surface area contributed by atoms with Gasteiger partial charge in [0.25, 0.3) is 5.91 Å². The fourth-order valence-corrected chi connectivity index (χ4v) is 2.59. The molecule has 0 saturated heterocycles. The summed E-state index contributed by atoms with van der Waals surface area (Å²) in [7, 11) is 3.12. The third-order valence-corrected chi connectivity index (χ3v) is 4.08. The highest BCUT2D eigenvalue weighted by atomic mass is 16.5. The maximum Gasteiger partial charge on any atom is 0.276 e. The summed E-state index contributed by atoms with van der Waals surface area (Å²) in [6.45, 7) is 1.47. The predicted molar refractivity (Wildman–Crippen MR) is 109 cm³/mol. The molecule has 29 heavy (non-hydrogen) atoms. The summed E-state index contributed by atoms with van der Waals surface area (Å²) in [5.74, 6) is 1.16. The normalized spacial score (nSPS) is 10.2. The van der Waals surface area contributed by atoms with Crippen molar-refractivity contribution in [2.75, 3.05) is 24.9 Å². The summed E-state index contributed by atoms with van der Waals surface area (Å²) >= 11 is 0. The monoisotopic (exact) mass is 392 g/mol. The summed E-state index contributed by atoms with van der Waals surface area (Å²) in [4.78, 5) is 23.8. The minimum absolute atomic E-state index is 0.0773. The number of hydrogen-bond acceptors (Lipinski definition) is 7. The zero-order valence-electron chi connectivity index (χ0n) is 16.2. The van der Waals surface area contributed by atoms with Crippen LogP contribution >= 0.6 is 0 Å². The lowest BCUT2D eigenvalue weighted by molar-refractivity contribution is 0.100. The molecule has 0 saturated carbocycles. The first-order valence-electron chi connectivity index (χ1n) is 8.75. The van der Waals surface area contributed by atoms with E-state index in [-0.39, 0.29) is 11.5 Å². The Bertz CT molecular complexity index is 1040. The van der Waals surface area contributed by atoms with E-state index in [0.717, 1.165) is 5.69 Å². The second-order valence-corrected chi connectivity index (χ2v) is 6.09. The van der Waals surface area contributed by atoms with Gasteiger partial charge in [-0.1, -0.05) is 12.1 Å². The van der Waals surface area contributed by atoms with Crippen LogP contribution < -0.4 is 20.1 Å². The summed E-state index contributed by atoms with van der Waals surface area (Å²) in [6, 6.07) is 15.2. The molecule has 1 amide bonds. The van der Waals surface area contributed by atoms with Gasteiger partial charge < -0.3 is 20.1 Å². The van der Waals surface area contributed by atoms with Crippen LogP contribution in [0.2, 0.25) is 0 Å². The number of aromatic nitrogens is 2. The molecule has 3 rings (SSSR count). The minimum Gasteiger partial charge on any atom is -0.493 e. The van der Waals surface area contributed by atoms with Gasteiger partial charge in [-0.25, -0.2) is 0 Å². The van der Waals surface area contributed by atoms with Gasteiger partial charge in [0.2, 0.25) is 0 Å². The molecule has 0 aliphatic rings. The number of methoxy groups -OCH3 is 2. The zero-order valence-corrected chi connectivity index (χ0v) is 16.2. The fraction of sp³-hybridized carbons (Fsp3) is 0.143. The minimum atomic E-state index is -0.420. The first-order chi connectivity index (χ1) is 14.0. The van der Waals surface area contributed by atoms with Gasteiger partial charge in [-0.05, 0) is 43.3 Å². The fourth-order valence-electron chi connectivity index (χ4n) is 2.59. The number of Topliss-reactive ketones (excluding diaryl/α,β-unsaturated/α-hetero) is 1. The highest BCUT2D eigenvalue weighted by Gasteiger charge is 2.11. The number of nitrogens with one attached hydrogen (secondary N) is 2. The lowest BCUT2D eigenvalue weighted by Gasteiger charge is -2.11. The quantitative estimate of drug-likeness (QED) is 0.591. The Morgan fingerprint density at radius 3 is 2.31 bits per heavy atom. The molecule has 148 valence electrons. The number of ketones is 1. The Morgan fingerprint density at radius 1 is 0.862 bits per heavy atom. The topological polar surface area (TPSA) is 102 Å². The molecule has 2 aromatic carbocycles. The molecule has 0 radical (unpaired) electrons. The molecule has 8 nitrogen and oxygen atoms in total. The number of ether oxygens (including phenoxy) is 2. The van der Waals surface area contributed by atoms with Crippen molar-refractivity contribution in [2.45, 2.75) is 6.92 Å². The second kappa shape index (κ2) is 8.83. The van der Waals surface area contributed by atoms with Crippen molar-refractivity contribution in [1.82, 2.24) is 10.2 Å². The predicted octanol–water partition coefficient (Wildman–Crippen LogP) is 3.69. The second-order valence-electron chi connectivity index (χ2n) is 6.09. The van der Waals surface area contributed by atoms with Crippen LogP contribution in [0.4, 0.5) is 17.2 Å². The molecular weight excluding hydrogens is 372 g/mol. The number of carbonyl (C=O) groups excluding carboxylic acids is 2. The maximum atomic E-state index is 12.4. The summed E-state index contributed by atoms with van der Waals surface area (Å²) in [6.07, 6.45) is 0. The van der Waals surface area contributed by atoms with Crippen molar-refractivity contribution in [2.24, 2.45) is 0 Å². The van der Waals surface area contributed by atoms with Gasteiger partial charge in [0.15, 0.2) is 28.8 Å². The van der Waals surface area contributed by atoms with E-state index in [1.54, 1.807) is 62.8 Å². The van der Waals surface area contributed by atoms with Gasteiger partial charge >= 0.3 is 0 Å². The van der Waals surface area contributed by atoms with Crippen LogP contribution in [0.5, 0.6) is 11.5 Å². The number of nitrogens with zero attached hydrogens (tertiary/aromatic N) is 2. The number of amides is 1. The Hall–Kier alpha value is -3.94.